The molecule has 2 aromatic carbocycles. The van der Waals surface area contributed by atoms with Gasteiger partial charge in [-0.15, -0.1) is 0 Å². The van der Waals surface area contributed by atoms with Gasteiger partial charge in [0.2, 0.25) is 0 Å². The fourth-order valence-corrected chi connectivity index (χ4v) is 4.22. The Kier molecular flexibility index (Phi) is 5.42. The van der Waals surface area contributed by atoms with Crippen LogP contribution in [0.1, 0.15) is 37.0 Å². The van der Waals surface area contributed by atoms with Crippen molar-refractivity contribution in [3.63, 3.8) is 0 Å². The van der Waals surface area contributed by atoms with Gasteiger partial charge >= 0.3 is 0 Å². The van der Waals surface area contributed by atoms with Crippen molar-refractivity contribution in [3.05, 3.63) is 53.9 Å². The van der Waals surface area contributed by atoms with Crippen LogP contribution in [0.3, 0.4) is 0 Å². The smallest absolute Gasteiger partial charge is 0.261 e. The van der Waals surface area contributed by atoms with Gasteiger partial charge in [-0.1, -0.05) is 18.2 Å². The molecule has 0 aliphatic heterocycles. The number of imidazole rings is 1. The lowest BCUT2D eigenvalue weighted by molar-refractivity contribution is 0.0944. The van der Waals surface area contributed by atoms with Gasteiger partial charge in [0.25, 0.3) is 15.9 Å². The molecule has 0 fully saturated rings. The summed E-state index contributed by atoms with van der Waals surface area (Å²) in [4.78, 5) is 17.5. The zero-order valence-corrected chi connectivity index (χ0v) is 17.2. The van der Waals surface area contributed by atoms with E-state index in [1.165, 1.54) is 12.1 Å². The lowest BCUT2D eigenvalue weighted by Gasteiger charge is -2.14. The molecule has 0 atom stereocenters. The number of aromatic nitrogens is 2. The fraction of sp³-hybridized carbons (Fsp3) is 0.300. The van der Waals surface area contributed by atoms with E-state index in [9.17, 15) is 13.2 Å². The molecule has 0 saturated carbocycles. The zero-order valence-electron chi connectivity index (χ0n) is 16.4. The molecular weight excluding hydrogens is 376 g/mol. The van der Waals surface area contributed by atoms with Crippen molar-refractivity contribution in [2.45, 2.75) is 45.2 Å². The molecule has 1 aromatic heterocycles. The lowest BCUT2D eigenvalue weighted by atomic mass is 10.1. The highest BCUT2D eigenvalue weighted by molar-refractivity contribution is 7.92. The van der Waals surface area contributed by atoms with Crippen LogP contribution in [-0.4, -0.2) is 29.9 Å². The third kappa shape index (κ3) is 3.87. The molecule has 0 bridgehead atoms. The van der Waals surface area contributed by atoms with E-state index in [4.69, 9.17) is 0 Å². The highest BCUT2D eigenvalue weighted by Gasteiger charge is 2.21. The second-order valence-electron chi connectivity index (χ2n) is 6.84. The molecular formula is C20H24N4O3S. The Labute approximate surface area is 164 Å². The van der Waals surface area contributed by atoms with Crippen molar-refractivity contribution in [2.24, 2.45) is 0 Å². The van der Waals surface area contributed by atoms with E-state index in [1.807, 2.05) is 32.3 Å². The van der Waals surface area contributed by atoms with Crippen molar-refractivity contribution >= 4 is 32.7 Å². The van der Waals surface area contributed by atoms with Gasteiger partial charge in [-0.2, -0.15) is 0 Å². The molecule has 0 aliphatic rings. The minimum absolute atomic E-state index is 0.0497. The molecule has 1 amide bonds. The molecule has 7 nitrogen and oxygen atoms in total. The average Bonchev–Trinajstić information content (AvgIpc) is 2.95. The number of benzene rings is 2. The first-order valence-electron chi connectivity index (χ1n) is 9.12. The maximum atomic E-state index is 12.8. The predicted octanol–water partition coefficient (Wildman–Crippen LogP) is 3.30. The second-order valence-corrected chi connectivity index (χ2v) is 8.52. The summed E-state index contributed by atoms with van der Waals surface area (Å²) in [5, 5.41) is 2.88. The van der Waals surface area contributed by atoms with Crippen LogP contribution in [0.2, 0.25) is 0 Å². The topological polar surface area (TPSA) is 93.1 Å². The summed E-state index contributed by atoms with van der Waals surface area (Å²) in [6.07, 6.45) is 0. The summed E-state index contributed by atoms with van der Waals surface area (Å²) >= 11 is 0. The van der Waals surface area contributed by atoms with Gasteiger partial charge in [0.1, 0.15) is 5.82 Å². The molecule has 3 rings (SSSR count). The van der Waals surface area contributed by atoms with Gasteiger partial charge in [0.05, 0.1) is 27.2 Å². The van der Waals surface area contributed by atoms with Gasteiger partial charge in [0, 0.05) is 12.6 Å². The minimum atomic E-state index is -3.77. The number of carbonyl (C=O) groups is 1. The first-order chi connectivity index (χ1) is 13.2. The van der Waals surface area contributed by atoms with Gasteiger partial charge < -0.3 is 9.88 Å². The SMILES string of the molecule is CCn1c(C)nc2cc(NS(=O)(=O)c3ccccc3)cc(C(=O)NC(C)C)c21. The predicted molar refractivity (Wildman–Crippen MR) is 110 cm³/mol. The molecule has 3 aromatic rings. The fourth-order valence-electron chi connectivity index (χ4n) is 3.16. The Morgan fingerprint density at radius 3 is 2.46 bits per heavy atom. The van der Waals surface area contributed by atoms with Crippen LogP contribution >= 0.6 is 0 Å². The molecule has 0 unspecified atom stereocenters. The number of nitrogens with one attached hydrogen (secondary N) is 2. The van der Waals surface area contributed by atoms with E-state index < -0.39 is 10.0 Å². The minimum Gasteiger partial charge on any atom is -0.350 e. The van der Waals surface area contributed by atoms with E-state index >= 15 is 0 Å². The van der Waals surface area contributed by atoms with Gasteiger partial charge in [-0.05, 0) is 52.0 Å². The zero-order chi connectivity index (χ0) is 20.5. The summed E-state index contributed by atoms with van der Waals surface area (Å²) in [6, 6.07) is 11.3. The van der Waals surface area contributed by atoms with Crippen LogP contribution in [0.4, 0.5) is 5.69 Å². The van der Waals surface area contributed by atoms with Gasteiger partial charge in [-0.3, -0.25) is 9.52 Å². The Balaban J connectivity index is 2.13. The van der Waals surface area contributed by atoms with Crippen molar-refractivity contribution < 1.29 is 13.2 Å². The van der Waals surface area contributed by atoms with Crippen LogP contribution in [-0.2, 0) is 16.6 Å². The number of hydrogen-bond acceptors (Lipinski definition) is 4. The number of nitrogens with zero attached hydrogens (tertiary/aromatic N) is 2. The highest BCUT2D eigenvalue weighted by Crippen LogP contribution is 2.27. The van der Waals surface area contributed by atoms with Crippen LogP contribution in [0.15, 0.2) is 47.4 Å². The summed E-state index contributed by atoms with van der Waals surface area (Å²) in [5.41, 5.74) is 1.95. The van der Waals surface area contributed by atoms with Crippen molar-refractivity contribution in [3.8, 4) is 0 Å². The lowest BCUT2D eigenvalue weighted by Crippen LogP contribution is -2.30. The van der Waals surface area contributed by atoms with E-state index in [0.717, 1.165) is 5.82 Å². The van der Waals surface area contributed by atoms with Crippen LogP contribution in [0.5, 0.6) is 0 Å². The molecule has 28 heavy (non-hydrogen) atoms. The quantitative estimate of drug-likeness (QED) is 0.664. The number of aryl methyl sites for hydroxylation is 2. The van der Waals surface area contributed by atoms with E-state index in [-0.39, 0.29) is 16.8 Å². The highest BCUT2D eigenvalue weighted by atomic mass is 32.2. The number of fused-ring (bicyclic) bond motifs is 1. The number of amides is 1. The van der Waals surface area contributed by atoms with Crippen LogP contribution in [0, 0.1) is 6.92 Å². The van der Waals surface area contributed by atoms with Crippen molar-refractivity contribution in [1.82, 2.24) is 14.9 Å². The average molecular weight is 401 g/mol. The Hall–Kier alpha value is -2.87. The van der Waals surface area contributed by atoms with E-state index in [2.05, 4.69) is 15.0 Å². The van der Waals surface area contributed by atoms with Crippen LogP contribution in [0.25, 0.3) is 11.0 Å². The maximum absolute atomic E-state index is 12.8. The summed E-state index contributed by atoms with van der Waals surface area (Å²) in [5.74, 6) is 0.495. The third-order valence-electron chi connectivity index (χ3n) is 4.32. The molecule has 2 N–H and O–H groups in total. The summed E-state index contributed by atoms with van der Waals surface area (Å²) in [7, 11) is -3.77. The van der Waals surface area contributed by atoms with Crippen LogP contribution < -0.4 is 10.0 Å². The number of hydrogen-bond donors (Lipinski definition) is 2. The number of anilines is 1. The molecule has 148 valence electrons. The number of rotatable bonds is 6. The third-order valence-corrected chi connectivity index (χ3v) is 5.72. The van der Waals surface area contributed by atoms with Crippen molar-refractivity contribution in [1.29, 1.82) is 0 Å². The Morgan fingerprint density at radius 2 is 1.86 bits per heavy atom. The van der Waals surface area contributed by atoms with E-state index in [0.29, 0.717) is 28.8 Å². The second kappa shape index (κ2) is 7.63. The van der Waals surface area contributed by atoms with Gasteiger partial charge in [0.15, 0.2) is 0 Å². The van der Waals surface area contributed by atoms with Gasteiger partial charge in [-0.25, -0.2) is 13.4 Å². The van der Waals surface area contributed by atoms with Crippen molar-refractivity contribution in [2.75, 3.05) is 4.72 Å². The Morgan fingerprint density at radius 1 is 1.18 bits per heavy atom. The standard InChI is InChI=1S/C20H24N4O3S/c1-5-24-14(4)22-18-12-15(11-17(19(18)24)20(25)21-13(2)3)23-28(26,27)16-9-7-6-8-10-16/h6-13,23H,5H2,1-4H3,(H,21,25). The first-order valence-corrected chi connectivity index (χ1v) is 10.6. The number of carbonyl (C=O) groups excluding carboxylic acids is 1. The molecule has 0 saturated heterocycles. The Bertz CT molecular complexity index is 1120. The maximum Gasteiger partial charge on any atom is 0.261 e. The number of sulfonamides is 1. The molecule has 0 radical (unpaired) electrons. The molecule has 0 aliphatic carbocycles. The summed E-state index contributed by atoms with van der Waals surface area (Å²) < 4.78 is 29.9. The van der Waals surface area contributed by atoms with E-state index in [1.54, 1.807) is 30.3 Å². The first kappa shape index (κ1) is 19.9. The largest absolute Gasteiger partial charge is 0.350 e. The molecule has 8 heteroatoms. The normalized spacial score (nSPS) is 11.8. The summed E-state index contributed by atoms with van der Waals surface area (Å²) in [6.45, 7) is 8.24. The monoisotopic (exact) mass is 400 g/mol. The molecule has 1 heterocycles. The molecule has 0 spiro atoms.